The van der Waals surface area contributed by atoms with E-state index in [9.17, 15) is 18.4 Å². The van der Waals surface area contributed by atoms with E-state index >= 15 is 0 Å². The molecular weight excluding hydrogens is 260 g/mol. The topological polar surface area (TPSA) is 93.8 Å². The molecule has 1 aromatic carbocycles. The summed E-state index contributed by atoms with van der Waals surface area (Å²) in [5, 5.41) is 3.61. The first kappa shape index (κ1) is 14.6. The quantitative estimate of drug-likeness (QED) is 0.477. The third-order valence-electron chi connectivity index (χ3n) is 2.03. The average Bonchev–Trinajstić information content (AvgIpc) is 2.34. The summed E-state index contributed by atoms with van der Waals surface area (Å²) in [5.74, 6) is -2.28. The number of nitrogens with zero attached hydrogens (tertiary/aromatic N) is 1. The van der Waals surface area contributed by atoms with Gasteiger partial charge in [0, 0.05) is 5.56 Å². The van der Waals surface area contributed by atoms with Crippen molar-refractivity contribution < 1.29 is 23.1 Å². The molecule has 0 heterocycles. The molecule has 102 valence electrons. The molecule has 0 aliphatic rings. The first-order valence-corrected chi connectivity index (χ1v) is 5.09. The van der Waals surface area contributed by atoms with Crippen LogP contribution in [0.2, 0.25) is 0 Å². The highest BCUT2D eigenvalue weighted by Gasteiger charge is 2.08. The summed E-state index contributed by atoms with van der Waals surface area (Å²) in [6.45, 7) is -1.41. The fourth-order valence-corrected chi connectivity index (χ4v) is 1.15. The number of primary amides is 1. The molecule has 3 N–H and O–H groups in total. The van der Waals surface area contributed by atoms with E-state index in [4.69, 9.17) is 5.73 Å². The minimum atomic E-state index is -2.93. The van der Waals surface area contributed by atoms with Crippen LogP contribution in [-0.2, 0) is 9.59 Å². The van der Waals surface area contributed by atoms with Gasteiger partial charge in [0.15, 0.2) is 0 Å². The molecule has 0 fully saturated rings. The summed E-state index contributed by atoms with van der Waals surface area (Å²) >= 11 is 0. The highest BCUT2D eigenvalue weighted by molar-refractivity contribution is 6.34. The van der Waals surface area contributed by atoms with Gasteiger partial charge in [-0.1, -0.05) is 12.1 Å². The van der Waals surface area contributed by atoms with Crippen LogP contribution in [0.5, 0.6) is 5.75 Å². The van der Waals surface area contributed by atoms with Gasteiger partial charge in [-0.2, -0.15) is 13.9 Å². The van der Waals surface area contributed by atoms with Gasteiger partial charge in [-0.25, -0.2) is 5.43 Å². The third kappa shape index (κ3) is 4.70. The van der Waals surface area contributed by atoms with Crippen molar-refractivity contribution in [1.82, 2.24) is 5.43 Å². The molecule has 6 nitrogen and oxygen atoms in total. The summed E-state index contributed by atoms with van der Waals surface area (Å²) in [6, 6.07) is 5.74. The number of nitrogens with one attached hydrogen (secondary N) is 1. The SMILES string of the molecule is C/C(=N/NC(=O)C(N)=O)c1cccc(OC(F)F)c1. The van der Waals surface area contributed by atoms with E-state index in [2.05, 4.69) is 9.84 Å². The molecule has 0 bridgehead atoms. The van der Waals surface area contributed by atoms with Gasteiger partial charge in [-0.15, -0.1) is 0 Å². The highest BCUT2D eigenvalue weighted by Crippen LogP contribution is 2.16. The zero-order valence-electron chi connectivity index (χ0n) is 9.89. The molecule has 0 aliphatic heterocycles. The Morgan fingerprint density at radius 1 is 1.42 bits per heavy atom. The van der Waals surface area contributed by atoms with Gasteiger partial charge in [0.05, 0.1) is 5.71 Å². The van der Waals surface area contributed by atoms with Crippen molar-refractivity contribution in [1.29, 1.82) is 0 Å². The van der Waals surface area contributed by atoms with Gasteiger partial charge in [-0.3, -0.25) is 9.59 Å². The lowest BCUT2D eigenvalue weighted by atomic mass is 10.1. The smallest absolute Gasteiger partial charge is 0.387 e. The van der Waals surface area contributed by atoms with Gasteiger partial charge < -0.3 is 10.5 Å². The predicted molar refractivity (Wildman–Crippen MR) is 62.6 cm³/mol. The van der Waals surface area contributed by atoms with Crippen molar-refractivity contribution in [2.75, 3.05) is 0 Å². The molecule has 8 heteroatoms. The highest BCUT2D eigenvalue weighted by atomic mass is 19.3. The van der Waals surface area contributed by atoms with Crippen LogP contribution in [0.15, 0.2) is 29.4 Å². The standard InChI is InChI=1S/C11H11F2N3O3/c1-6(15-16-10(18)9(14)17)7-3-2-4-8(5-7)19-11(12)13/h2-5,11H,1H3,(H2,14,17)(H,16,18)/b15-6-. The number of halogens is 2. The van der Waals surface area contributed by atoms with Gasteiger partial charge in [-0.05, 0) is 19.1 Å². The van der Waals surface area contributed by atoms with E-state index in [1.807, 2.05) is 5.43 Å². The predicted octanol–water partition coefficient (Wildman–Crippen LogP) is 0.614. The molecule has 1 rings (SSSR count). The van der Waals surface area contributed by atoms with Crippen molar-refractivity contribution in [3.05, 3.63) is 29.8 Å². The Morgan fingerprint density at radius 3 is 2.68 bits per heavy atom. The maximum absolute atomic E-state index is 12.0. The third-order valence-corrected chi connectivity index (χ3v) is 2.03. The lowest BCUT2D eigenvalue weighted by Gasteiger charge is -2.06. The Hall–Kier alpha value is -2.51. The summed E-state index contributed by atoms with van der Waals surface area (Å²) in [7, 11) is 0. The molecule has 0 spiro atoms. The van der Waals surface area contributed by atoms with Gasteiger partial charge in [0.25, 0.3) is 0 Å². The molecule has 1 aromatic rings. The molecule has 0 saturated heterocycles. The summed E-state index contributed by atoms with van der Waals surface area (Å²) in [4.78, 5) is 21.3. The van der Waals surface area contributed by atoms with Crippen LogP contribution in [0, 0.1) is 0 Å². The van der Waals surface area contributed by atoms with Crippen molar-refractivity contribution in [3.8, 4) is 5.75 Å². The number of nitrogens with two attached hydrogens (primary N) is 1. The molecular formula is C11H11F2N3O3. The van der Waals surface area contributed by atoms with E-state index in [1.165, 1.54) is 25.1 Å². The van der Waals surface area contributed by atoms with Crippen LogP contribution in [0.1, 0.15) is 12.5 Å². The summed E-state index contributed by atoms with van der Waals surface area (Å²) in [6.07, 6.45) is 0. The minimum Gasteiger partial charge on any atom is -0.435 e. The molecule has 2 amide bonds. The first-order chi connectivity index (χ1) is 8.90. The Balaban J connectivity index is 2.81. The number of rotatable bonds is 4. The van der Waals surface area contributed by atoms with Crippen LogP contribution in [0.3, 0.4) is 0 Å². The van der Waals surface area contributed by atoms with E-state index in [0.29, 0.717) is 11.3 Å². The summed E-state index contributed by atoms with van der Waals surface area (Å²) < 4.78 is 28.3. The zero-order chi connectivity index (χ0) is 14.4. The second-order valence-corrected chi connectivity index (χ2v) is 3.41. The number of benzene rings is 1. The number of hydrazone groups is 1. The normalized spacial score (nSPS) is 11.3. The number of carbonyl (C=O) groups excluding carboxylic acids is 2. The Bertz CT molecular complexity index is 518. The molecule has 0 aliphatic carbocycles. The molecule has 19 heavy (non-hydrogen) atoms. The van der Waals surface area contributed by atoms with Crippen LogP contribution < -0.4 is 15.9 Å². The number of carbonyl (C=O) groups is 2. The molecule has 0 radical (unpaired) electrons. The fraction of sp³-hybridized carbons (Fsp3) is 0.182. The minimum absolute atomic E-state index is 0.0386. The van der Waals surface area contributed by atoms with Crippen molar-refractivity contribution >= 4 is 17.5 Å². The monoisotopic (exact) mass is 271 g/mol. The number of hydrogen-bond donors (Lipinski definition) is 2. The van der Waals surface area contributed by atoms with Gasteiger partial charge in [0.2, 0.25) is 0 Å². The maximum atomic E-state index is 12.0. The van der Waals surface area contributed by atoms with E-state index in [-0.39, 0.29) is 5.75 Å². The van der Waals surface area contributed by atoms with Gasteiger partial charge in [0.1, 0.15) is 5.75 Å². The fourth-order valence-electron chi connectivity index (χ4n) is 1.15. The van der Waals surface area contributed by atoms with Crippen LogP contribution >= 0.6 is 0 Å². The average molecular weight is 271 g/mol. The second kappa shape index (κ2) is 6.43. The van der Waals surface area contributed by atoms with Crippen LogP contribution in [-0.4, -0.2) is 24.1 Å². The molecule has 0 unspecified atom stereocenters. The lowest BCUT2D eigenvalue weighted by molar-refractivity contribution is -0.137. The maximum Gasteiger partial charge on any atom is 0.387 e. The van der Waals surface area contributed by atoms with Crippen molar-refractivity contribution in [3.63, 3.8) is 0 Å². The largest absolute Gasteiger partial charge is 0.435 e. The van der Waals surface area contributed by atoms with Crippen LogP contribution in [0.4, 0.5) is 8.78 Å². The van der Waals surface area contributed by atoms with Crippen molar-refractivity contribution in [2.45, 2.75) is 13.5 Å². The molecule has 0 atom stereocenters. The van der Waals surface area contributed by atoms with Crippen molar-refractivity contribution in [2.24, 2.45) is 10.8 Å². The Labute approximate surface area is 107 Å². The number of hydrogen-bond acceptors (Lipinski definition) is 4. The molecule has 0 aromatic heterocycles. The van der Waals surface area contributed by atoms with E-state index in [1.54, 1.807) is 6.07 Å². The molecule has 0 saturated carbocycles. The Kier molecular flexibility index (Phi) is 4.92. The van der Waals surface area contributed by atoms with Gasteiger partial charge >= 0.3 is 18.4 Å². The van der Waals surface area contributed by atoms with Crippen LogP contribution in [0.25, 0.3) is 0 Å². The summed E-state index contributed by atoms with van der Waals surface area (Å²) in [5.41, 5.74) is 7.39. The first-order valence-electron chi connectivity index (χ1n) is 5.09. The second-order valence-electron chi connectivity index (χ2n) is 3.41. The Morgan fingerprint density at radius 2 is 2.11 bits per heavy atom. The number of alkyl halides is 2. The lowest BCUT2D eigenvalue weighted by Crippen LogP contribution is -2.33. The zero-order valence-corrected chi connectivity index (χ0v) is 9.89. The van der Waals surface area contributed by atoms with E-state index in [0.717, 1.165) is 0 Å². The van der Waals surface area contributed by atoms with E-state index < -0.39 is 18.4 Å². The number of ether oxygens (including phenoxy) is 1. The number of amides is 2.